The van der Waals surface area contributed by atoms with Gasteiger partial charge in [0, 0.05) is 23.2 Å². The van der Waals surface area contributed by atoms with Gasteiger partial charge in [0.2, 0.25) is 5.91 Å². The Morgan fingerprint density at radius 3 is 2.58 bits per heavy atom. The Bertz CT molecular complexity index is 1140. The van der Waals surface area contributed by atoms with Crippen molar-refractivity contribution in [3.05, 3.63) is 71.7 Å². The van der Waals surface area contributed by atoms with E-state index in [0.717, 1.165) is 42.1 Å². The number of hydrogen-bond acceptors (Lipinski definition) is 3. The number of carbonyl (C=O) groups excluding carboxylic acids is 1. The molecule has 0 saturated heterocycles. The van der Waals surface area contributed by atoms with Crippen molar-refractivity contribution < 1.29 is 9.18 Å². The van der Waals surface area contributed by atoms with Gasteiger partial charge in [-0.05, 0) is 91.1 Å². The molecule has 1 fully saturated rings. The van der Waals surface area contributed by atoms with Crippen LogP contribution in [0, 0.1) is 28.5 Å². The zero-order valence-corrected chi connectivity index (χ0v) is 17.9. The van der Waals surface area contributed by atoms with Crippen LogP contribution in [0.2, 0.25) is 0 Å². The van der Waals surface area contributed by atoms with E-state index in [1.54, 1.807) is 42.6 Å². The van der Waals surface area contributed by atoms with E-state index in [4.69, 9.17) is 5.26 Å². The third-order valence-electron chi connectivity index (χ3n) is 7.03. The van der Waals surface area contributed by atoms with E-state index in [0.29, 0.717) is 17.2 Å². The third kappa shape index (κ3) is 4.29. The minimum Gasteiger partial charge on any atom is -0.326 e. The number of pyridine rings is 1. The van der Waals surface area contributed by atoms with Crippen LogP contribution in [0.1, 0.15) is 56.6 Å². The predicted molar refractivity (Wildman–Crippen MR) is 120 cm³/mol. The minimum absolute atomic E-state index is 0.00193. The standard InChI is InChI=1S/C26H26FN3O/c1-17(25(31)30-21-6-3-18(16-28)4-7-21)26(2)12-9-19(10-13-26)22-11-14-29-24-8-5-20(27)15-23(22)24/h3-8,11,14-15,17,19H,9-10,12-13H2,1-2H3,(H,30,31)/t17-,19?,26?/m1/s1. The van der Waals surface area contributed by atoms with E-state index in [1.165, 1.54) is 6.07 Å². The summed E-state index contributed by atoms with van der Waals surface area (Å²) in [7, 11) is 0. The Hall–Kier alpha value is -3.26. The molecule has 0 radical (unpaired) electrons. The number of fused-ring (bicyclic) bond motifs is 1. The monoisotopic (exact) mass is 415 g/mol. The maximum Gasteiger partial charge on any atom is 0.227 e. The number of nitriles is 1. The second-order valence-electron chi connectivity index (χ2n) is 8.89. The van der Waals surface area contributed by atoms with Gasteiger partial charge in [-0.25, -0.2) is 4.39 Å². The number of nitrogens with zero attached hydrogens (tertiary/aromatic N) is 2. The van der Waals surface area contributed by atoms with Crippen LogP contribution in [-0.2, 0) is 4.79 Å². The largest absolute Gasteiger partial charge is 0.326 e. The molecule has 158 valence electrons. The normalized spacial score (nSPS) is 21.9. The molecule has 3 aromatic rings. The summed E-state index contributed by atoms with van der Waals surface area (Å²) < 4.78 is 13.8. The van der Waals surface area contributed by atoms with Crippen LogP contribution in [-0.4, -0.2) is 10.9 Å². The van der Waals surface area contributed by atoms with Crippen LogP contribution in [0.3, 0.4) is 0 Å². The summed E-state index contributed by atoms with van der Waals surface area (Å²) in [6, 6.07) is 15.8. The molecule has 1 N–H and O–H groups in total. The predicted octanol–water partition coefficient (Wildman–Crippen LogP) is 6.18. The number of benzene rings is 2. The van der Waals surface area contributed by atoms with E-state index in [-0.39, 0.29) is 23.1 Å². The molecule has 1 amide bonds. The first kappa shape index (κ1) is 21.0. The molecule has 1 aliphatic carbocycles. The number of hydrogen-bond donors (Lipinski definition) is 1. The average Bonchev–Trinajstić information content (AvgIpc) is 2.79. The number of rotatable bonds is 4. The molecule has 1 atom stereocenters. The lowest BCUT2D eigenvalue weighted by molar-refractivity contribution is -0.123. The Morgan fingerprint density at radius 1 is 1.19 bits per heavy atom. The Morgan fingerprint density at radius 2 is 1.90 bits per heavy atom. The van der Waals surface area contributed by atoms with Gasteiger partial charge in [0.1, 0.15) is 5.82 Å². The van der Waals surface area contributed by atoms with Gasteiger partial charge < -0.3 is 5.32 Å². The second-order valence-corrected chi connectivity index (χ2v) is 8.89. The van der Waals surface area contributed by atoms with E-state index >= 15 is 0 Å². The van der Waals surface area contributed by atoms with Crippen LogP contribution < -0.4 is 5.32 Å². The summed E-state index contributed by atoms with van der Waals surface area (Å²) in [6.07, 6.45) is 5.58. The number of aromatic nitrogens is 1. The van der Waals surface area contributed by atoms with Gasteiger partial charge in [0.05, 0.1) is 17.1 Å². The van der Waals surface area contributed by atoms with Crippen molar-refractivity contribution in [1.82, 2.24) is 4.98 Å². The van der Waals surface area contributed by atoms with Crippen molar-refractivity contribution in [2.24, 2.45) is 11.3 Å². The highest BCUT2D eigenvalue weighted by atomic mass is 19.1. The SMILES string of the molecule is C[C@H](C(=O)Nc1ccc(C#N)cc1)C1(C)CCC(c2ccnc3ccc(F)cc23)CC1. The lowest BCUT2D eigenvalue weighted by Gasteiger charge is -2.41. The topological polar surface area (TPSA) is 65.8 Å². The van der Waals surface area contributed by atoms with Gasteiger partial charge in [-0.1, -0.05) is 13.8 Å². The van der Waals surface area contributed by atoms with E-state index in [2.05, 4.69) is 23.3 Å². The van der Waals surface area contributed by atoms with Gasteiger partial charge >= 0.3 is 0 Å². The molecule has 0 spiro atoms. The summed E-state index contributed by atoms with van der Waals surface area (Å²) in [5.74, 6) is -0.0394. The first-order valence-electron chi connectivity index (χ1n) is 10.7. The molecule has 4 rings (SSSR count). The molecule has 5 heteroatoms. The zero-order chi connectivity index (χ0) is 22.0. The fourth-order valence-corrected chi connectivity index (χ4v) is 4.71. The van der Waals surface area contributed by atoms with Gasteiger partial charge in [0.25, 0.3) is 0 Å². The number of amides is 1. The van der Waals surface area contributed by atoms with Gasteiger partial charge in [-0.3, -0.25) is 9.78 Å². The Balaban J connectivity index is 1.45. The van der Waals surface area contributed by atoms with E-state index in [9.17, 15) is 9.18 Å². The molecular formula is C26H26FN3O. The van der Waals surface area contributed by atoms with Crippen molar-refractivity contribution in [3.63, 3.8) is 0 Å². The molecule has 31 heavy (non-hydrogen) atoms. The van der Waals surface area contributed by atoms with Crippen LogP contribution in [0.5, 0.6) is 0 Å². The molecule has 2 aromatic carbocycles. The van der Waals surface area contributed by atoms with Crippen LogP contribution >= 0.6 is 0 Å². The molecule has 0 bridgehead atoms. The number of nitrogens with one attached hydrogen (secondary N) is 1. The second kappa shape index (κ2) is 8.47. The summed E-state index contributed by atoms with van der Waals surface area (Å²) in [5, 5.41) is 12.8. The molecule has 1 saturated carbocycles. The smallest absolute Gasteiger partial charge is 0.227 e. The van der Waals surface area contributed by atoms with Crippen LogP contribution in [0.25, 0.3) is 10.9 Å². The molecule has 0 unspecified atom stereocenters. The molecule has 1 aromatic heterocycles. The summed E-state index contributed by atoms with van der Waals surface area (Å²) in [6.45, 7) is 4.19. The highest BCUT2D eigenvalue weighted by Gasteiger charge is 2.39. The molecule has 1 heterocycles. The van der Waals surface area contributed by atoms with E-state index in [1.807, 2.05) is 13.0 Å². The molecule has 1 aliphatic rings. The Labute approximate surface area is 182 Å². The lowest BCUT2D eigenvalue weighted by atomic mass is 9.64. The van der Waals surface area contributed by atoms with Gasteiger partial charge in [-0.15, -0.1) is 0 Å². The van der Waals surface area contributed by atoms with Crippen molar-refractivity contribution in [2.45, 2.75) is 45.4 Å². The fourth-order valence-electron chi connectivity index (χ4n) is 4.71. The Kier molecular flexibility index (Phi) is 5.73. The van der Waals surface area contributed by atoms with Crippen LogP contribution in [0.15, 0.2) is 54.7 Å². The third-order valence-corrected chi connectivity index (χ3v) is 7.03. The van der Waals surface area contributed by atoms with Crippen molar-refractivity contribution >= 4 is 22.5 Å². The minimum atomic E-state index is -0.240. The maximum atomic E-state index is 13.8. The summed E-state index contributed by atoms with van der Waals surface area (Å²) in [4.78, 5) is 17.3. The first-order valence-corrected chi connectivity index (χ1v) is 10.7. The molecule has 4 nitrogen and oxygen atoms in total. The fraction of sp³-hybridized carbons (Fsp3) is 0.346. The number of halogens is 1. The van der Waals surface area contributed by atoms with Crippen molar-refractivity contribution in [3.8, 4) is 6.07 Å². The average molecular weight is 416 g/mol. The summed E-state index contributed by atoms with van der Waals surface area (Å²) in [5.41, 5.74) is 3.16. The lowest BCUT2D eigenvalue weighted by Crippen LogP contribution is -2.37. The van der Waals surface area contributed by atoms with Gasteiger partial charge in [0.15, 0.2) is 0 Å². The maximum absolute atomic E-state index is 13.8. The van der Waals surface area contributed by atoms with E-state index < -0.39 is 0 Å². The quantitative estimate of drug-likeness (QED) is 0.553. The summed E-state index contributed by atoms with van der Waals surface area (Å²) >= 11 is 0. The van der Waals surface area contributed by atoms with Crippen molar-refractivity contribution in [2.75, 3.05) is 5.32 Å². The number of carbonyl (C=O) groups is 1. The molecular weight excluding hydrogens is 389 g/mol. The van der Waals surface area contributed by atoms with Gasteiger partial charge in [-0.2, -0.15) is 5.26 Å². The zero-order valence-electron chi connectivity index (χ0n) is 17.9. The first-order chi connectivity index (χ1) is 14.9. The van der Waals surface area contributed by atoms with Crippen LogP contribution in [0.4, 0.5) is 10.1 Å². The molecule has 0 aliphatic heterocycles. The highest BCUT2D eigenvalue weighted by molar-refractivity contribution is 5.92. The highest BCUT2D eigenvalue weighted by Crippen LogP contribution is 2.48. The number of anilines is 1. The van der Waals surface area contributed by atoms with Crippen molar-refractivity contribution in [1.29, 1.82) is 5.26 Å².